The Kier molecular flexibility index (Phi) is 7.56. The van der Waals surface area contributed by atoms with Crippen LogP contribution in [0.15, 0.2) is 30.3 Å². The fourth-order valence-corrected chi connectivity index (χ4v) is 2.74. The molecule has 0 aliphatic carbocycles. The lowest BCUT2D eigenvalue weighted by atomic mass is 10.0. The first-order valence-corrected chi connectivity index (χ1v) is 8.73. The molecule has 1 fully saturated rings. The van der Waals surface area contributed by atoms with Gasteiger partial charge < -0.3 is 14.8 Å². The Labute approximate surface area is 139 Å². The number of ether oxygens (including phenoxy) is 2. The lowest BCUT2D eigenvalue weighted by Gasteiger charge is -2.25. The molecule has 2 unspecified atom stereocenters. The Bertz CT molecular complexity index is 457. The molecule has 0 spiro atoms. The van der Waals surface area contributed by atoms with Crippen molar-refractivity contribution in [1.29, 1.82) is 0 Å². The van der Waals surface area contributed by atoms with Gasteiger partial charge in [-0.3, -0.25) is 4.79 Å². The molecule has 4 nitrogen and oxygen atoms in total. The minimum atomic E-state index is -0.285. The second kappa shape index (κ2) is 9.68. The highest BCUT2D eigenvalue weighted by Crippen LogP contribution is 2.15. The predicted octanol–water partition coefficient (Wildman–Crippen LogP) is 2.96. The number of rotatable bonds is 8. The van der Waals surface area contributed by atoms with Gasteiger partial charge in [0, 0.05) is 19.3 Å². The molecule has 4 heteroatoms. The van der Waals surface area contributed by atoms with Crippen molar-refractivity contribution >= 4 is 5.97 Å². The molecule has 1 heterocycles. The van der Waals surface area contributed by atoms with Crippen LogP contribution in [0.5, 0.6) is 0 Å². The molecule has 0 amide bonds. The van der Waals surface area contributed by atoms with Crippen LogP contribution in [-0.4, -0.2) is 37.9 Å². The normalized spacial score (nSPS) is 18.3. The largest absolute Gasteiger partial charge is 0.464 e. The molecule has 1 aromatic rings. The quantitative estimate of drug-likeness (QED) is 0.748. The second-order valence-electron chi connectivity index (χ2n) is 6.40. The number of carbonyl (C=O) groups is 1. The van der Waals surface area contributed by atoms with Crippen molar-refractivity contribution in [2.75, 3.05) is 19.8 Å². The third kappa shape index (κ3) is 6.32. The Balaban J connectivity index is 1.90. The fourth-order valence-electron chi connectivity index (χ4n) is 2.74. The van der Waals surface area contributed by atoms with Gasteiger partial charge in [-0.1, -0.05) is 37.3 Å². The lowest BCUT2D eigenvalue weighted by Crippen LogP contribution is -2.44. The summed E-state index contributed by atoms with van der Waals surface area (Å²) >= 11 is 0. The summed E-state index contributed by atoms with van der Waals surface area (Å²) in [6.45, 7) is 6.28. The van der Waals surface area contributed by atoms with Gasteiger partial charge in [-0.15, -0.1) is 0 Å². The van der Waals surface area contributed by atoms with E-state index >= 15 is 0 Å². The minimum Gasteiger partial charge on any atom is -0.464 e. The molecule has 128 valence electrons. The van der Waals surface area contributed by atoms with Crippen LogP contribution >= 0.6 is 0 Å². The van der Waals surface area contributed by atoms with Crippen LogP contribution in [0, 0.1) is 5.92 Å². The zero-order valence-corrected chi connectivity index (χ0v) is 14.3. The average molecular weight is 319 g/mol. The summed E-state index contributed by atoms with van der Waals surface area (Å²) in [7, 11) is 0. The molecule has 0 radical (unpaired) electrons. The number of hydrogen-bond donors (Lipinski definition) is 1. The van der Waals surface area contributed by atoms with Gasteiger partial charge in [0.05, 0.1) is 6.61 Å². The summed E-state index contributed by atoms with van der Waals surface area (Å²) in [6.07, 6.45) is 3.61. The number of nitrogens with one attached hydrogen (secondary N) is 1. The van der Waals surface area contributed by atoms with E-state index in [1.165, 1.54) is 0 Å². The first-order valence-electron chi connectivity index (χ1n) is 8.73. The van der Waals surface area contributed by atoms with Crippen molar-refractivity contribution in [1.82, 2.24) is 5.32 Å². The van der Waals surface area contributed by atoms with Crippen molar-refractivity contribution in [3.63, 3.8) is 0 Å². The van der Waals surface area contributed by atoms with Crippen LogP contribution in [0.2, 0.25) is 0 Å². The highest BCUT2D eigenvalue weighted by atomic mass is 16.5. The monoisotopic (exact) mass is 319 g/mol. The molecule has 1 N–H and O–H groups in total. The Morgan fingerprint density at radius 2 is 2.00 bits per heavy atom. The topological polar surface area (TPSA) is 47.6 Å². The Morgan fingerprint density at radius 1 is 1.30 bits per heavy atom. The second-order valence-corrected chi connectivity index (χ2v) is 6.40. The Morgan fingerprint density at radius 3 is 2.65 bits per heavy atom. The molecule has 2 atom stereocenters. The summed E-state index contributed by atoms with van der Waals surface area (Å²) in [4.78, 5) is 12.5. The van der Waals surface area contributed by atoms with E-state index in [1.54, 1.807) is 0 Å². The first kappa shape index (κ1) is 18.0. The summed E-state index contributed by atoms with van der Waals surface area (Å²) in [5.41, 5.74) is 1.15. The first-order chi connectivity index (χ1) is 11.2. The van der Waals surface area contributed by atoms with E-state index in [0.29, 0.717) is 25.0 Å². The van der Waals surface area contributed by atoms with E-state index in [4.69, 9.17) is 9.47 Å². The SMILES string of the molecule is CCC(C)NC(Cc1ccccc1)C(=O)OCC1CCOCC1. The van der Waals surface area contributed by atoms with Crippen molar-refractivity contribution in [2.24, 2.45) is 5.92 Å². The average Bonchev–Trinajstić information content (AvgIpc) is 2.60. The molecule has 1 aromatic carbocycles. The van der Waals surface area contributed by atoms with Gasteiger partial charge >= 0.3 is 5.97 Å². The predicted molar refractivity (Wildman–Crippen MR) is 91.3 cm³/mol. The van der Waals surface area contributed by atoms with Gasteiger partial charge in [-0.05, 0) is 44.1 Å². The van der Waals surface area contributed by atoms with Gasteiger partial charge in [0.15, 0.2) is 0 Å². The molecule has 1 aliphatic heterocycles. The van der Waals surface area contributed by atoms with Crippen LogP contribution in [0.25, 0.3) is 0 Å². The van der Waals surface area contributed by atoms with Crippen LogP contribution in [-0.2, 0) is 20.7 Å². The molecule has 0 aromatic heterocycles. The van der Waals surface area contributed by atoms with Crippen molar-refractivity contribution in [3.8, 4) is 0 Å². The number of esters is 1. The van der Waals surface area contributed by atoms with Crippen molar-refractivity contribution in [2.45, 2.75) is 51.6 Å². The Hall–Kier alpha value is -1.39. The summed E-state index contributed by atoms with van der Waals surface area (Å²) in [5.74, 6) is 0.300. The number of carbonyl (C=O) groups excluding carboxylic acids is 1. The highest BCUT2D eigenvalue weighted by Gasteiger charge is 2.23. The van der Waals surface area contributed by atoms with Gasteiger partial charge in [0.1, 0.15) is 6.04 Å². The van der Waals surface area contributed by atoms with E-state index in [2.05, 4.69) is 31.3 Å². The van der Waals surface area contributed by atoms with Gasteiger partial charge in [0.2, 0.25) is 0 Å². The zero-order chi connectivity index (χ0) is 16.5. The van der Waals surface area contributed by atoms with E-state index in [9.17, 15) is 4.79 Å². The maximum Gasteiger partial charge on any atom is 0.323 e. The molecule has 1 aliphatic rings. The zero-order valence-electron chi connectivity index (χ0n) is 14.3. The van der Waals surface area contributed by atoms with E-state index in [1.807, 2.05) is 18.2 Å². The highest BCUT2D eigenvalue weighted by molar-refractivity contribution is 5.76. The molecule has 2 rings (SSSR count). The summed E-state index contributed by atoms with van der Waals surface area (Å²) < 4.78 is 11.0. The smallest absolute Gasteiger partial charge is 0.323 e. The van der Waals surface area contributed by atoms with E-state index < -0.39 is 0 Å². The maximum absolute atomic E-state index is 12.5. The molecular formula is C19H29NO3. The standard InChI is InChI=1S/C19H29NO3/c1-3-15(2)20-18(13-16-7-5-4-6-8-16)19(21)23-14-17-9-11-22-12-10-17/h4-8,15,17-18,20H,3,9-14H2,1-2H3. The third-order valence-corrected chi connectivity index (χ3v) is 4.47. The van der Waals surface area contributed by atoms with Gasteiger partial charge in [-0.2, -0.15) is 0 Å². The van der Waals surface area contributed by atoms with Crippen LogP contribution in [0.3, 0.4) is 0 Å². The molecule has 1 saturated heterocycles. The molecular weight excluding hydrogens is 290 g/mol. The van der Waals surface area contributed by atoms with Crippen molar-refractivity contribution in [3.05, 3.63) is 35.9 Å². The van der Waals surface area contributed by atoms with Gasteiger partial charge in [0.25, 0.3) is 0 Å². The van der Waals surface area contributed by atoms with Crippen LogP contribution < -0.4 is 5.32 Å². The number of benzene rings is 1. The molecule has 0 saturated carbocycles. The van der Waals surface area contributed by atoms with Crippen LogP contribution in [0.4, 0.5) is 0 Å². The van der Waals surface area contributed by atoms with Crippen LogP contribution in [0.1, 0.15) is 38.7 Å². The van der Waals surface area contributed by atoms with Crippen molar-refractivity contribution < 1.29 is 14.3 Å². The summed E-state index contributed by atoms with van der Waals surface area (Å²) in [6, 6.07) is 10.1. The number of hydrogen-bond acceptors (Lipinski definition) is 4. The molecule has 0 bridgehead atoms. The fraction of sp³-hybridized carbons (Fsp3) is 0.632. The molecule has 23 heavy (non-hydrogen) atoms. The van der Waals surface area contributed by atoms with E-state index in [0.717, 1.165) is 38.0 Å². The summed E-state index contributed by atoms with van der Waals surface area (Å²) in [5, 5.41) is 3.40. The van der Waals surface area contributed by atoms with Gasteiger partial charge in [-0.25, -0.2) is 0 Å². The van der Waals surface area contributed by atoms with E-state index in [-0.39, 0.29) is 12.0 Å². The third-order valence-electron chi connectivity index (χ3n) is 4.47. The minimum absolute atomic E-state index is 0.138. The lowest BCUT2D eigenvalue weighted by molar-refractivity contribution is -0.148. The maximum atomic E-state index is 12.5.